The maximum absolute atomic E-state index is 5.88. The number of hydrogen-bond donors (Lipinski definition) is 1. The number of nitrogens with two attached hydrogens (primary N) is 1. The predicted octanol–water partition coefficient (Wildman–Crippen LogP) is 4.65. The highest BCUT2D eigenvalue weighted by Crippen LogP contribution is 2.35. The molecule has 0 amide bonds. The maximum Gasteiger partial charge on any atom is 0.141 e. The predicted molar refractivity (Wildman–Crippen MR) is 90.8 cm³/mol. The molecule has 3 nitrogen and oxygen atoms in total. The van der Waals surface area contributed by atoms with Crippen LogP contribution >= 0.6 is 44.1 Å². The third-order valence-electron chi connectivity index (χ3n) is 2.58. The first-order valence-electron chi connectivity index (χ1n) is 5.62. The molecule has 2 aromatic rings. The largest absolute Gasteiger partial charge is 0.497 e. The summed E-state index contributed by atoms with van der Waals surface area (Å²) in [6.07, 6.45) is 0. The second-order valence-corrected chi connectivity index (χ2v) is 6.02. The van der Waals surface area contributed by atoms with Crippen molar-refractivity contribution < 1.29 is 9.47 Å². The summed E-state index contributed by atoms with van der Waals surface area (Å²) in [5, 5.41) is 0. The van der Waals surface area contributed by atoms with Crippen LogP contribution in [0.5, 0.6) is 17.2 Å². The van der Waals surface area contributed by atoms with Crippen molar-refractivity contribution in [1.82, 2.24) is 0 Å². The van der Waals surface area contributed by atoms with Gasteiger partial charge in [-0.3, -0.25) is 0 Å². The van der Waals surface area contributed by atoms with Gasteiger partial charge < -0.3 is 15.2 Å². The minimum Gasteiger partial charge on any atom is -0.497 e. The first kappa shape index (κ1) is 15.3. The number of halogens is 2. The SMILES string of the molecule is COc1ccc(Oc2cccc(Br)c2C(N)=S)c(Br)c1. The average Bonchev–Trinajstić information content (AvgIpc) is 2.40. The second-order valence-electron chi connectivity index (χ2n) is 3.88. The Bertz CT molecular complexity index is 662. The molecular weight excluding hydrogens is 406 g/mol. The molecule has 0 saturated heterocycles. The van der Waals surface area contributed by atoms with Gasteiger partial charge >= 0.3 is 0 Å². The van der Waals surface area contributed by atoms with E-state index in [1.807, 2.05) is 36.4 Å². The quantitative estimate of drug-likeness (QED) is 0.737. The topological polar surface area (TPSA) is 44.5 Å². The van der Waals surface area contributed by atoms with E-state index in [1.54, 1.807) is 7.11 Å². The van der Waals surface area contributed by atoms with Gasteiger partial charge in [-0.05, 0) is 62.2 Å². The summed E-state index contributed by atoms with van der Waals surface area (Å²) in [6, 6.07) is 11.0. The van der Waals surface area contributed by atoms with E-state index in [2.05, 4.69) is 31.9 Å². The molecule has 0 bridgehead atoms. The summed E-state index contributed by atoms with van der Waals surface area (Å²) in [5.41, 5.74) is 6.41. The molecule has 0 aliphatic heterocycles. The molecule has 0 fully saturated rings. The lowest BCUT2D eigenvalue weighted by Gasteiger charge is -2.13. The van der Waals surface area contributed by atoms with Crippen molar-refractivity contribution >= 4 is 49.1 Å². The van der Waals surface area contributed by atoms with Gasteiger partial charge in [-0.25, -0.2) is 0 Å². The molecule has 0 aliphatic rings. The first-order valence-corrected chi connectivity index (χ1v) is 7.62. The van der Waals surface area contributed by atoms with Gasteiger partial charge in [0, 0.05) is 4.47 Å². The minimum absolute atomic E-state index is 0.275. The highest BCUT2D eigenvalue weighted by Gasteiger charge is 2.13. The molecule has 6 heteroatoms. The van der Waals surface area contributed by atoms with Crippen LogP contribution < -0.4 is 15.2 Å². The van der Waals surface area contributed by atoms with Crippen LogP contribution in [-0.4, -0.2) is 12.1 Å². The molecule has 104 valence electrons. The summed E-state index contributed by atoms with van der Waals surface area (Å²) in [4.78, 5) is 0.275. The molecule has 0 heterocycles. The van der Waals surface area contributed by atoms with E-state index in [0.29, 0.717) is 17.1 Å². The summed E-state index contributed by atoms with van der Waals surface area (Å²) >= 11 is 11.9. The average molecular weight is 417 g/mol. The highest BCUT2D eigenvalue weighted by atomic mass is 79.9. The molecule has 0 aromatic heterocycles. The monoisotopic (exact) mass is 415 g/mol. The second kappa shape index (κ2) is 6.56. The lowest BCUT2D eigenvalue weighted by molar-refractivity contribution is 0.412. The van der Waals surface area contributed by atoms with Gasteiger partial charge in [-0.2, -0.15) is 0 Å². The van der Waals surface area contributed by atoms with Crippen molar-refractivity contribution in [2.24, 2.45) is 5.73 Å². The standard InChI is InChI=1S/C14H11Br2NO2S/c1-18-8-5-6-11(10(16)7-8)19-12-4-2-3-9(15)13(12)14(17)20/h2-7H,1H3,(H2,17,20). The molecule has 2 aromatic carbocycles. The molecule has 0 aliphatic carbocycles. The number of benzene rings is 2. The third-order valence-corrected chi connectivity index (χ3v) is 4.07. The van der Waals surface area contributed by atoms with Crippen LogP contribution in [0.25, 0.3) is 0 Å². The Labute approximate surface area is 139 Å². The number of ether oxygens (including phenoxy) is 2. The molecule has 0 radical (unpaired) electrons. The van der Waals surface area contributed by atoms with Crippen LogP contribution in [-0.2, 0) is 0 Å². The Kier molecular flexibility index (Phi) is 5.01. The van der Waals surface area contributed by atoms with Crippen LogP contribution in [0.3, 0.4) is 0 Å². The van der Waals surface area contributed by atoms with Crippen molar-refractivity contribution in [3.63, 3.8) is 0 Å². The summed E-state index contributed by atoms with van der Waals surface area (Å²) in [5.74, 6) is 1.99. The van der Waals surface area contributed by atoms with E-state index >= 15 is 0 Å². The maximum atomic E-state index is 5.88. The molecule has 0 spiro atoms. The smallest absolute Gasteiger partial charge is 0.141 e. The van der Waals surface area contributed by atoms with Crippen LogP contribution in [0.1, 0.15) is 5.56 Å². The highest BCUT2D eigenvalue weighted by molar-refractivity contribution is 9.10. The zero-order valence-electron chi connectivity index (χ0n) is 10.5. The fourth-order valence-corrected chi connectivity index (χ4v) is 2.98. The molecule has 0 saturated carbocycles. The van der Waals surface area contributed by atoms with Crippen molar-refractivity contribution in [2.75, 3.05) is 7.11 Å². The van der Waals surface area contributed by atoms with E-state index in [0.717, 1.165) is 14.7 Å². The lowest BCUT2D eigenvalue weighted by atomic mass is 10.2. The lowest BCUT2D eigenvalue weighted by Crippen LogP contribution is -2.11. The van der Waals surface area contributed by atoms with E-state index in [1.165, 1.54) is 0 Å². The summed E-state index contributed by atoms with van der Waals surface area (Å²) in [6.45, 7) is 0. The van der Waals surface area contributed by atoms with Crippen molar-refractivity contribution in [3.8, 4) is 17.2 Å². The summed E-state index contributed by atoms with van der Waals surface area (Å²) in [7, 11) is 1.61. The summed E-state index contributed by atoms with van der Waals surface area (Å²) < 4.78 is 12.6. The van der Waals surface area contributed by atoms with E-state index in [4.69, 9.17) is 27.4 Å². The van der Waals surface area contributed by atoms with Gasteiger partial charge in [-0.15, -0.1) is 0 Å². The number of methoxy groups -OCH3 is 1. The van der Waals surface area contributed by atoms with Crippen LogP contribution in [0, 0.1) is 0 Å². The van der Waals surface area contributed by atoms with Gasteiger partial charge in [0.2, 0.25) is 0 Å². The Morgan fingerprint density at radius 3 is 2.45 bits per heavy atom. The van der Waals surface area contributed by atoms with Gasteiger partial charge in [0.25, 0.3) is 0 Å². The fraction of sp³-hybridized carbons (Fsp3) is 0.0714. The Balaban J connectivity index is 2.40. The minimum atomic E-state index is 0.275. The van der Waals surface area contributed by atoms with Crippen LogP contribution in [0.15, 0.2) is 45.3 Å². The Morgan fingerprint density at radius 1 is 1.10 bits per heavy atom. The van der Waals surface area contributed by atoms with Crippen LogP contribution in [0.4, 0.5) is 0 Å². The van der Waals surface area contributed by atoms with Crippen molar-refractivity contribution in [2.45, 2.75) is 0 Å². The van der Waals surface area contributed by atoms with E-state index in [-0.39, 0.29) is 4.99 Å². The fourth-order valence-electron chi connectivity index (χ4n) is 1.64. The van der Waals surface area contributed by atoms with Crippen molar-refractivity contribution in [1.29, 1.82) is 0 Å². The number of thiocarbonyl (C=S) groups is 1. The molecular formula is C14H11Br2NO2S. The molecule has 2 rings (SSSR count). The normalized spacial score (nSPS) is 10.2. The third kappa shape index (κ3) is 3.31. The number of hydrogen-bond acceptors (Lipinski definition) is 3. The molecule has 2 N–H and O–H groups in total. The van der Waals surface area contributed by atoms with Gasteiger partial charge in [0.05, 0.1) is 17.1 Å². The van der Waals surface area contributed by atoms with Crippen molar-refractivity contribution in [3.05, 3.63) is 50.9 Å². The Morgan fingerprint density at radius 2 is 1.85 bits per heavy atom. The molecule has 0 unspecified atom stereocenters. The van der Waals surface area contributed by atoms with E-state index < -0.39 is 0 Å². The van der Waals surface area contributed by atoms with Gasteiger partial charge in [-0.1, -0.05) is 18.3 Å². The van der Waals surface area contributed by atoms with E-state index in [9.17, 15) is 0 Å². The first-order chi connectivity index (χ1) is 9.52. The van der Waals surface area contributed by atoms with Gasteiger partial charge in [0.15, 0.2) is 0 Å². The number of rotatable bonds is 4. The van der Waals surface area contributed by atoms with Gasteiger partial charge in [0.1, 0.15) is 22.2 Å². The molecule has 0 atom stereocenters. The molecule has 20 heavy (non-hydrogen) atoms. The zero-order chi connectivity index (χ0) is 14.7. The zero-order valence-corrected chi connectivity index (χ0v) is 14.5. The van der Waals surface area contributed by atoms with Crippen LogP contribution in [0.2, 0.25) is 0 Å². The Hall–Kier alpha value is -1.11.